The van der Waals surface area contributed by atoms with Crippen LogP contribution in [0, 0.1) is 0 Å². The Hall–Kier alpha value is -3.20. The van der Waals surface area contributed by atoms with E-state index in [0.717, 1.165) is 12.8 Å². The van der Waals surface area contributed by atoms with E-state index in [9.17, 15) is 4.79 Å². The summed E-state index contributed by atoms with van der Waals surface area (Å²) in [6.45, 7) is 1.22. The molecule has 4 rings (SSSR count). The van der Waals surface area contributed by atoms with E-state index in [4.69, 9.17) is 16.3 Å². The molecule has 1 unspecified atom stereocenters. The number of methoxy groups -OCH3 is 1. The molecule has 1 N–H and O–H groups in total. The first-order chi connectivity index (χ1) is 14.1. The molecule has 0 radical (unpaired) electrons. The molecule has 0 bridgehead atoms. The van der Waals surface area contributed by atoms with Crippen molar-refractivity contribution in [2.24, 2.45) is 0 Å². The van der Waals surface area contributed by atoms with Gasteiger partial charge in [0.05, 0.1) is 42.5 Å². The Morgan fingerprint density at radius 1 is 1.24 bits per heavy atom. The van der Waals surface area contributed by atoms with E-state index >= 15 is 0 Å². The molecule has 29 heavy (non-hydrogen) atoms. The van der Waals surface area contributed by atoms with Crippen LogP contribution in [-0.2, 0) is 0 Å². The largest absolute Gasteiger partial charge is 0.497 e. The summed E-state index contributed by atoms with van der Waals surface area (Å²) in [4.78, 5) is 24.9. The molecule has 2 aromatic heterocycles. The molecule has 1 aromatic carbocycles. The number of carbonyl (C=O) groups is 1. The molecule has 1 amide bonds. The number of carbonyl (C=O) groups excluding carboxylic acids is 1. The van der Waals surface area contributed by atoms with Crippen LogP contribution in [0.5, 0.6) is 5.75 Å². The maximum absolute atomic E-state index is 13.3. The molecule has 1 aliphatic heterocycles. The topological polar surface area (TPSA) is 98.1 Å². The molecular weight excluding hydrogens is 394 g/mol. The zero-order valence-corrected chi connectivity index (χ0v) is 16.6. The minimum atomic E-state index is -0.0801. The van der Waals surface area contributed by atoms with Crippen LogP contribution in [0.3, 0.4) is 0 Å². The summed E-state index contributed by atoms with van der Waals surface area (Å²) < 4.78 is 5.30. The second-order valence-corrected chi connectivity index (χ2v) is 7.10. The quantitative estimate of drug-likeness (QED) is 0.685. The number of aromatic nitrogens is 5. The van der Waals surface area contributed by atoms with Gasteiger partial charge in [0.15, 0.2) is 0 Å². The van der Waals surface area contributed by atoms with Crippen LogP contribution in [0.4, 0.5) is 5.95 Å². The van der Waals surface area contributed by atoms with Crippen molar-refractivity contribution < 1.29 is 9.53 Å². The minimum absolute atomic E-state index is 0.0541. The fraction of sp³-hybridized carbons (Fsp3) is 0.316. The van der Waals surface area contributed by atoms with Crippen molar-refractivity contribution in [1.29, 1.82) is 0 Å². The SMILES string of the molecule is COc1ccc(C(=O)N2CCCC(Nc3ncc(Cl)cn3)C2)c(-n2nccn2)c1. The number of anilines is 1. The average Bonchev–Trinajstić information content (AvgIpc) is 3.29. The Bertz CT molecular complexity index is 979. The van der Waals surface area contributed by atoms with Crippen LogP contribution in [0.2, 0.25) is 5.02 Å². The van der Waals surface area contributed by atoms with Gasteiger partial charge in [0.1, 0.15) is 11.4 Å². The lowest BCUT2D eigenvalue weighted by molar-refractivity contribution is 0.0714. The van der Waals surface area contributed by atoms with Gasteiger partial charge in [-0.2, -0.15) is 15.0 Å². The van der Waals surface area contributed by atoms with Gasteiger partial charge in [-0.25, -0.2) is 9.97 Å². The van der Waals surface area contributed by atoms with Crippen molar-refractivity contribution >= 4 is 23.5 Å². The van der Waals surface area contributed by atoms with Crippen molar-refractivity contribution in [3.63, 3.8) is 0 Å². The Labute approximate surface area is 172 Å². The van der Waals surface area contributed by atoms with Gasteiger partial charge in [-0.15, -0.1) is 0 Å². The molecular formula is C19H20ClN7O2. The second-order valence-electron chi connectivity index (χ2n) is 6.66. The van der Waals surface area contributed by atoms with Crippen LogP contribution in [0.25, 0.3) is 5.69 Å². The highest BCUT2D eigenvalue weighted by molar-refractivity contribution is 6.30. The summed E-state index contributed by atoms with van der Waals surface area (Å²) in [5.74, 6) is 1.05. The van der Waals surface area contributed by atoms with Gasteiger partial charge < -0.3 is 15.0 Å². The first-order valence-electron chi connectivity index (χ1n) is 9.22. The molecule has 1 atom stereocenters. The number of nitrogens with one attached hydrogen (secondary N) is 1. The number of nitrogens with zero attached hydrogens (tertiary/aromatic N) is 6. The molecule has 1 saturated heterocycles. The van der Waals surface area contributed by atoms with Gasteiger partial charge in [-0.3, -0.25) is 4.79 Å². The fourth-order valence-corrected chi connectivity index (χ4v) is 3.44. The lowest BCUT2D eigenvalue weighted by Gasteiger charge is -2.33. The van der Waals surface area contributed by atoms with Gasteiger partial charge in [-0.1, -0.05) is 11.6 Å². The lowest BCUT2D eigenvalue weighted by atomic mass is 10.0. The third-order valence-corrected chi connectivity index (χ3v) is 4.93. The van der Waals surface area contributed by atoms with Crippen LogP contribution in [-0.4, -0.2) is 62.0 Å². The van der Waals surface area contributed by atoms with Gasteiger partial charge in [0.2, 0.25) is 5.95 Å². The number of hydrogen-bond acceptors (Lipinski definition) is 7. The average molecular weight is 414 g/mol. The zero-order valence-electron chi connectivity index (χ0n) is 15.8. The van der Waals surface area contributed by atoms with Gasteiger partial charge in [0, 0.05) is 25.2 Å². The van der Waals surface area contributed by atoms with Crippen LogP contribution < -0.4 is 10.1 Å². The van der Waals surface area contributed by atoms with Crippen molar-refractivity contribution in [2.45, 2.75) is 18.9 Å². The van der Waals surface area contributed by atoms with Gasteiger partial charge in [-0.05, 0) is 25.0 Å². The van der Waals surface area contributed by atoms with E-state index in [-0.39, 0.29) is 11.9 Å². The Kier molecular flexibility index (Phi) is 5.57. The van der Waals surface area contributed by atoms with Crippen LogP contribution in [0.1, 0.15) is 23.2 Å². The van der Waals surface area contributed by atoms with Gasteiger partial charge >= 0.3 is 0 Å². The Morgan fingerprint density at radius 3 is 2.72 bits per heavy atom. The van der Waals surface area contributed by atoms with E-state index in [0.29, 0.717) is 41.1 Å². The summed E-state index contributed by atoms with van der Waals surface area (Å²) >= 11 is 5.84. The van der Waals surface area contributed by atoms with Crippen molar-refractivity contribution in [3.05, 3.63) is 53.6 Å². The molecule has 10 heteroatoms. The van der Waals surface area contributed by atoms with E-state index < -0.39 is 0 Å². The molecule has 1 aliphatic rings. The first kappa shape index (κ1) is 19.1. The molecule has 1 fully saturated rings. The van der Waals surface area contributed by atoms with E-state index in [1.54, 1.807) is 50.1 Å². The summed E-state index contributed by atoms with van der Waals surface area (Å²) in [7, 11) is 1.58. The summed E-state index contributed by atoms with van der Waals surface area (Å²) in [5, 5.41) is 12.1. The number of benzene rings is 1. The number of likely N-dealkylation sites (tertiary alicyclic amines) is 1. The summed E-state index contributed by atoms with van der Waals surface area (Å²) in [6, 6.07) is 5.33. The van der Waals surface area contributed by atoms with E-state index in [2.05, 4.69) is 25.5 Å². The summed E-state index contributed by atoms with van der Waals surface area (Å²) in [5.41, 5.74) is 1.10. The second kappa shape index (κ2) is 8.44. The molecule has 0 spiro atoms. The molecule has 0 aliphatic carbocycles. The normalized spacial score (nSPS) is 16.5. The van der Waals surface area contributed by atoms with Gasteiger partial charge in [0.25, 0.3) is 5.91 Å². The highest BCUT2D eigenvalue weighted by Crippen LogP contribution is 2.24. The maximum atomic E-state index is 13.3. The molecule has 3 aromatic rings. The summed E-state index contributed by atoms with van der Waals surface area (Å²) in [6.07, 6.45) is 8.03. The van der Waals surface area contributed by atoms with Crippen molar-refractivity contribution in [1.82, 2.24) is 29.9 Å². The number of rotatable bonds is 5. The lowest BCUT2D eigenvalue weighted by Crippen LogP contribution is -2.45. The van der Waals surface area contributed by atoms with E-state index in [1.165, 1.54) is 4.80 Å². The molecule has 0 saturated carbocycles. The Balaban J connectivity index is 1.54. The molecule has 150 valence electrons. The van der Waals surface area contributed by atoms with Crippen LogP contribution in [0.15, 0.2) is 43.0 Å². The molecule has 3 heterocycles. The molecule has 9 nitrogen and oxygen atoms in total. The smallest absolute Gasteiger partial charge is 0.256 e. The fourth-order valence-electron chi connectivity index (χ4n) is 3.34. The van der Waals surface area contributed by atoms with Crippen molar-refractivity contribution in [3.8, 4) is 11.4 Å². The standard InChI is InChI=1S/C19H20ClN7O2/c1-29-15-4-5-16(17(9-15)27-23-6-7-24-27)18(28)26-8-2-3-14(12-26)25-19-21-10-13(20)11-22-19/h4-7,9-11,14H,2-3,8,12H2,1H3,(H,21,22,25). The number of halogens is 1. The highest BCUT2D eigenvalue weighted by atomic mass is 35.5. The third-order valence-electron chi connectivity index (χ3n) is 4.73. The number of hydrogen-bond donors (Lipinski definition) is 1. The number of amides is 1. The van der Waals surface area contributed by atoms with Crippen LogP contribution >= 0.6 is 11.6 Å². The third kappa shape index (κ3) is 4.29. The monoisotopic (exact) mass is 413 g/mol. The number of piperidine rings is 1. The predicted octanol–water partition coefficient (Wildman–Crippen LogP) is 2.44. The minimum Gasteiger partial charge on any atom is -0.497 e. The zero-order chi connectivity index (χ0) is 20.2. The number of ether oxygens (including phenoxy) is 1. The van der Waals surface area contributed by atoms with E-state index in [1.807, 2.05) is 4.90 Å². The maximum Gasteiger partial charge on any atom is 0.256 e. The highest BCUT2D eigenvalue weighted by Gasteiger charge is 2.27. The predicted molar refractivity (Wildman–Crippen MR) is 108 cm³/mol. The Morgan fingerprint density at radius 2 is 2.00 bits per heavy atom. The van der Waals surface area contributed by atoms with Crippen molar-refractivity contribution in [2.75, 3.05) is 25.5 Å². The first-order valence-corrected chi connectivity index (χ1v) is 9.60.